The Balaban J connectivity index is 2.65. The predicted molar refractivity (Wildman–Crippen MR) is 52.0 cm³/mol. The molecule has 9 nitrogen and oxygen atoms in total. The van der Waals surface area contributed by atoms with E-state index in [4.69, 9.17) is 15.7 Å². The van der Waals surface area contributed by atoms with Crippen LogP contribution in [0, 0.1) is 0 Å². The first-order valence-corrected chi connectivity index (χ1v) is 6.11. The van der Waals surface area contributed by atoms with Crippen molar-refractivity contribution in [1.29, 1.82) is 0 Å². The number of amidine groups is 1. The number of oxime groups is 1. The number of nitrogens with zero attached hydrogens (tertiary/aromatic N) is 3. The van der Waals surface area contributed by atoms with Crippen molar-refractivity contribution in [2.24, 2.45) is 10.9 Å². The second-order valence-corrected chi connectivity index (χ2v) is 5.14. The first-order valence-electron chi connectivity index (χ1n) is 4.05. The van der Waals surface area contributed by atoms with Crippen molar-refractivity contribution in [3.05, 3.63) is 5.69 Å². The normalized spacial score (nSPS) is 12.7. The van der Waals surface area contributed by atoms with Crippen LogP contribution in [0.3, 0.4) is 0 Å². The third-order valence-electron chi connectivity index (χ3n) is 1.50. The first kappa shape index (κ1) is 12.2. The topological polar surface area (TPSA) is 141 Å². The zero-order valence-corrected chi connectivity index (χ0v) is 9.14. The van der Waals surface area contributed by atoms with Gasteiger partial charge in [-0.25, -0.2) is 13.0 Å². The molecule has 0 aliphatic carbocycles. The zero-order valence-electron chi connectivity index (χ0n) is 8.32. The van der Waals surface area contributed by atoms with E-state index in [2.05, 4.69) is 20.1 Å². The highest BCUT2D eigenvalue weighted by Gasteiger charge is 2.16. The van der Waals surface area contributed by atoms with E-state index in [1.807, 2.05) is 0 Å². The fraction of sp³-hybridized carbons (Fsp3) is 0.500. The minimum absolute atomic E-state index is 0.0870. The summed E-state index contributed by atoms with van der Waals surface area (Å²) in [5, 5.41) is 17.7. The molecule has 90 valence electrons. The SMILES string of the molecule is CS(=O)(=O)CCOc1nonc1/C(N)=N/O. The van der Waals surface area contributed by atoms with Gasteiger partial charge in [0.15, 0.2) is 15.7 Å². The van der Waals surface area contributed by atoms with Crippen molar-refractivity contribution in [2.75, 3.05) is 18.6 Å². The van der Waals surface area contributed by atoms with Gasteiger partial charge < -0.3 is 15.7 Å². The number of rotatable bonds is 5. The number of aromatic nitrogens is 2. The van der Waals surface area contributed by atoms with E-state index in [0.717, 1.165) is 6.26 Å². The number of sulfone groups is 1. The molecule has 16 heavy (non-hydrogen) atoms. The highest BCUT2D eigenvalue weighted by atomic mass is 32.2. The standard InChI is InChI=1S/C6H10N4O5S/c1-16(12,13)3-2-14-6-4(5(7)8-11)9-15-10-6/h11H,2-3H2,1H3,(H2,7,8). The average Bonchev–Trinajstić information content (AvgIpc) is 2.63. The molecule has 0 spiro atoms. The van der Waals surface area contributed by atoms with Gasteiger partial charge in [-0.05, 0) is 10.3 Å². The van der Waals surface area contributed by atoms with Crippen molar-refractivity contribution in [2.45, 2.75) is 0 Å². The smallest absolute Gasteiger partial charge is 0.287 e. The van der Waals surface area contributed by atoms with Crippen molar-refractivity contribution in [1.82, 2.24) is 10.3 Å². The summed E-state index contributed by atoms with van der Waals surface area (Å²) >= 11 is 0. The summed E-state index contributed by atoms with van der Waals surface area (Å²) in [4.78, 5) is 0. The molecular formula is C6H10N4O5S. The average molecular weight is 250 g/mol. The van der Waals surface area contributed by atoms with E-state index in [9.17, 15) is 8.42 Å². The Morgan fingerprint density at radius 2 is 2.31 bits per heavy atom. The number of ether oxygens (including phenoxy) is 1. The quantitative estimate of drug-likeness (QED) is 0.281. The lowest BCUT2D eigenvalue weighted by Crippen LogP contribution is -2.17. The summed E-state index contributed by atoms with van der Waals surface area (Å²) in [6.07, 6.45) is 1.07. The van der Waals surface area contributed by atoms with E-state index in [-0.39, 0.29) is 29.8 Å². The van der Waals surface area contributed by atoms with E-state index >= 15 is 0 Å². The molecule has 1 aromatic rings. The molecule has 0 bridgehead atoms. The van der Waals surface area contributed by atoms with Crippen LogP contribution in [0.2, 0.25) is 0 Å². The van der Waals surface area contributed by atoms with Gasteiger partial charge >= 0.3 is 0 Å². The van der Waals surface area contributed by atoms with E-state index < -0.39 is 9.84 Å². The zero-order chi connectivity index (χ0) is 12.2. The van der Waals surface area contributed by atoms with Crippen molar-refractivity contribution >= 4 is 15.7 Å². The molecule has 0 atom stereocenters. The second kappa shape index (κ2) is 4.79. The van der Waals surface area contributed by atoms with Gasteiger partial charge in [0.05, 0.1) is 5.75 Å². The van der Waals surface area contributed by atoms with Gasteiger partial charge in [-0.2, -0.15) is 0 Å². The van der Waals surface area contributed by atoms with Crippen LogP contribution >= 0.6 is 0 Å². The highest BCUT2D eigenvalue weighted by molar-refractivity contribution is 7.90. The molecule has 1 aromatic heterocycles. The van der Waals surface area contributed by atoms with Crippen molar-refractivity contribution in [3.63, 3.8) is 0 Å². The fourth-order valence-corrected chi connectivity index (χ4v) is 1.15. The van der Waals surface area contributed by atoms with Crippen LogP contribution in [0.5, 0.6) is 5.88 Å². The van der Waals surface area contributed by atoms with Crippen LogP contribution in [0.1, 0.15) is 5.69 Å². The van der Waals surface area contributed by atoms with Gasteiger partial charge in [0.1, 0.15) is 6.61 Å². The lowest BCUT2D eigenvalue weighted by atomic mass is 10.4. The monoisotopic (exact) mass is 250 g/mol. The molecule has 0 unspecified atom stereocenters. The summed E-state index contributed by atoms with van der Waals surface area (Å²) in [7, 11) is -3.13. The first-order chi connectivity index (χ1) is 7.44. The van der Waals surface area contributed by atoms with Gasteiger partial charge in [-0.1, -0.05) is 5.16 Å². The largest absolute Gasteiger partial charge is 0.473 e. The van der Waals surface area contributed by atoms with E-state index in [0.29, 0.717) is 0 Å². The maximum Gasteiger partial charge on any atom is 0.287 e. The third kappa shape index (κ3) is 3.38. The number of nitrogens with two attached hydrogens (primary N) is 1. The van der Waals surface area contributed by atoms with E-state index in [1.54, 1.807) is 0 Å². The molecule has 0 amide bonds. The fourth-order valence-electron chi connectivity index (χ4n) is 0.769. The maximum absolute atomic E-state index is 10.8. The Hall–Kier alpha value is -1.84. The highest BCUT2D eigenvalue weighted by Crippen LogP contribution is 2.11. The van der Waals surface area contributed by atoms with Crippen LogP contribution in [0.25, 0.3) is 0 Å². The summed E-state index contributed by atoms with van der Waals surface area (Å²) < 4.78 is 30.9. The molecule has 0 aromatic carbocycles. The molecule has 0 saturated heterocycles. The Kier molecular flexibility index (Phi) is 3.66. The Morgan fingerprint density at radius 1 is 1.62 bits per heavy atom. The van der Waals surface area contributed by atoms with Crippen LogP contribution in [0.4, 0.5) is 0 Å². The van der Waals surface area contributed by atoms with E-state index in [1.165, 1.54) is 0 Å². The predicted octanol–water partition coefficient (Wildman–Crippen LogP) is -1.41. The molecule has 0 aliphatic heterocycles. The minimum atomic E-state index is -3.13. The van der Waals surface area contributed by atoms with Crippen molar-refractivity contribution < 1.29 is 23.0 Å². The molecule has 10 heteroatoms. The maximum atomic E-state index is 10.8. The Bertz CT molecular complexity index is 479. The molecule has 0 aliphatic rings. The Morgan fingerprint density at radius 3 is 2.88 bits per heavy atom. The Labute approximate surface area is 90.7 Å². The van der Waals surface area contributed by atoms with Gasteiger partial charge in [0, 0.05) is 6.26 Å². The molecule has 0 radical (unpaired) electrons. The number of hydrogen-bond acceptors (Lipinski definition) is 8. The summed E-state index contributed by atoms with van der Waals surface area (Å²) in [5.41, 5.74) is 5.15. The van der Waals surface area contributed by atoms with Gasteiger partial charge in [0.25, 0.3) is 5.88 Å². The second-order valence-electron chi connectivity index (χ2n) is 2.88. The van der Waals surface area contributed by atoms with Gasteiger partial charge in [-0.15, -0.1) is 0 Å². The molecular weight excluding hydrogens is 240 g/mol. The molecule has 0 saturated carbocycles. The lowest BCUT2D eigenvalue weighted by molar-refractivity contribution is 0.264. The molecule has 1 rings (SSSR count). The van der Waals surface area contributed by atoms with Crippen LogP contribution in [-0.2, 0) is 9.84 Å². The van der Waals surface area contributed by atoms with Crippen LogP contribution < -0.4 is 10.5 Å². The lowest BCUT2D eigenvalue weighted by Gasteiger charge is -2.01. The van der Waals surface area contributed by atoms with Crippen LogP contribution in [0.15, 0.2) is 9.78 Å². The summed E-state index contributed by atoms with van der Waals surface area (Å²) in [6, 6.07) is 0. The van der Waals surface area contributed by atoms with Crippen molar-refractivity contribution in [3.8, 4) is 5.88 Å². The van der Waals surface area contributed by atoms with Gasteiger partial charge in [-0.3, -0.25) is 0 Å². The minimum Gasteiger partial charge on any atom is -0.473 e. The van der Waals surface area contributed by atoms with Crippen LogP contribution in [-0.4, -0.2) is 48.4 Å². The summed E-state index contributed by atoms with van der Waals surface area (Å²) in [5.74, 6) is -0.648. The molecule has 1 heterocycles. The molecule has 0 fully saturated rings. The summed E-state index contributed by atoms with van der Waals surface area (Å²) in [6.45, 7) is -0.126. The molecule has 3 N–H and O–H groups in total. The third-order valence-corrected chi connectivity index (χ3v) is 2.41. The number of hydrogen-bond donors (Lipinski definition) is 2. The van der Waals surface area contributed by atoms with Gasteiger partial charge in [0.2, 0.25) is 5.69 Å².